The van der Waals surface area contributed by atoms with Gasteiger partial charge in [0.1, 0.15) is 5.82 Å². The lowest BCUT2D eigenvalue weighted by molar-refractivity contribution is 0.0209. The van der Waals surface area contributed by atoms with Crippen LogP contribution in [0.25, 0.3) is 0 Å². The number of hydrogen-bond donors (Lipinski definition) is 1. The quantitative estimate of drug-likeness (QED) is 0.922. The fourth-order valence-corrected chi connectivity index (χ4v) is 3.42. The molecule has 3 rings (SSSR count). The Kier molecular flexibility index (Phi) is 4.42. The van der Waals surface area contributed by atoms with Crippen molar-refractivity contribution in [1.82, 2.24) is 4.90 Å². The Morgan fingerprint density at radius 1 is 1.29 bits per heavy atom. The molecule has 2 N–H and O–H groups in total. The molecule has 0 saturated carbocycles. The molecule has 1 aromatic rings. The first-order valence-electron chi connectivity index (χ1n) is 7.77. The van der Waals surface area contributed by atoms with E-state index in [0.717, 1.165) is 51.4 Å². The van der Waals surface area contributed by atoms with Gasteiger partial charge in [-0.1, -0.05) is 12.1 Å². The molecule has 1 aromatic carbocycles. The van der Waals surface area contributed by atoms with Crippen LogP contribution in [0.4, 0.5) is 10.1 Å². The van der Waals surface area contributed by atoms with E-state index >= 15 is 0 Å². The second-order valence-electron chi connectivity index (χ2n) is 6.00. The summed E-state index contributed by atoms with van der Waals surface area (Å²) in [6.07, 6.45) is 1.08. The molecule has 1 unspecified atom stereocenters. The van der Waals surface area contributed by atoms with Crippen LogP contribution in [0.15, 0.2) is 18.2 Å². The van der Waals surface area contributed by atoms with Crippen LogP contribution in [0, 0.1) is 5.82 Å². The minimum atomic E-state index is -0.160. The summed E-state index contributed by atoms with van der Waals surface area (Å²) in [5.74, 6) is -0.160. The van der Waals surface area contributed by atoms with Crippen LogP contribution in [-0.2, 0) is 4.74 Å². The lowest BCUT2D eigenvalue weighted by atomic mass is 10.1. The van der Waals surface area contributed by atoms with Gasteiger partial charge in [0.2, 0.25) is 0 Å². The number of anilines is 1. The number of morpholine rings is 1. The molecule has 2 aliphatic rings. The maximum absolute atomic E-state index is 14.3. The highest BCUT2D eigenvalue weighted by molar-refractivity contribution is 5.57. The summed E-state index contributed by atoms with van der Waals surface area (Å²) in [4.78, 5) is 4.63. The minimum Gasteiger partial charge on any atom is -0.379 e. The van der Waals surface area contributed by atoms with Gasteiger partial charge in [0.25, 0.3) is 0 Å². The predicted octanol–water partition coefficient (Wildman–Crippen LogP) is 1.76. The zero-order chi connectivity index (χ0) is 14.8. The fraction of sp³-hybridized carbons (Fsp3) is 0.625. The van der Waals surface area contributed by atoms with Gasteiger partial charge in [-0.05, 0) is 25.0 Å². The van der Waals surface area contributed by atoms with E-state index in [1.165, 1.54) is 6.07 Å². The standard InChI is InChI=1S/C16H24FN3O/c1-12(18)14-3-2-4-15(17)16(14)20-6-5-13(11-20)19-7-9-21-10-8-19/h2-4,12-13H,5-11,18H2,1H3/t12-,13?/m1/s1. The Labute approximate surface area is 125 Å². The first kappa shape index (κ1) is 14.8. The van der Waals surface area contributed by atoms with Gasteiger partial charge in [-0.2, -0.15) is 0 Å². The maximum atomic E-state index is 14.3. The highest BCUT2D eigenvalue weighted by Crippen LogP contribution is 2.32. The van der Waals surface area contributed by atoms with Crippen molar-refractivity contribution in [3.05, 3.63) is 29.6 Å². The van der Waals surface area contributed by atoms with Gasteiger partial charge >= 0.3 is 0 Å². The smallest absolute Gasteiger partial charge is 0.146 e. The third-order valence-corrected chi connectivity index (χ3v) is 4.55. The van der Waals surface area contributed by atoms with Crippen LogP contribution in [0.1, 0.15) is 24.9 Å². The lowest BCUT2D eigenvalue weighted by Gasteiger charge is -2.32. The fourth-order valence-electron chi connectivity index (χ4n) is 3.42. The highest BCUT2D eigenvalue weighted by Gasteiger charge is 2.31. The third kappa shape index (κ3) is 3.05. The normalized spacial score (nSPS) is 25.3. The zero-order valence-electron chi connectivity index (χ0n) is 12.6. The average Bonchev–Trinajstić information content (AvgIpc) is 2.97. The Morgan fingerprint density at radius 3 is 2.76 bits per heavy atom. The van der Waals surface area contributed by atoms with Crippen molar-refractivity contribution in [3.8, 4) is 0 Å². The molecule has 21 heavy (non-hydrogen) atoms. The van der Waals surface area contributed by atoms with Crippen LogP contribution in [0.3, 0.4) is 0 Å². The molecule has 0 aromatic heterocycles. The highest BCUT2D eigenvalue weighted by atomic mass is 19.1. The number of halogens is 1. The van der Waals surface area contributed by atoms with E-state index in [0.29, 0.717) is 11.7 Å². The summed E-state index contributed by atoms with van der Waals surface area (Å²) in [6.45, 7) is 7.26. The summed E-state index contributed by atoms with van der Waals surface area (Å²) in [7, 11) is 0. The molecule has 5 heteroatoms. The number of ether oxygens (including phenoxy) is 1. The van der Waals surface area contributed by atoms with Crippen molar-refractivity contribution in [3.63, 3.8) is 0 Å². The van der Waals surface area contributed by atoms with Gasteiger partial charge < -0.3 is 15.4 Å². The molecular weight excluding hydrogens is 269 g/mol. The number of hydrogen-bond acceptors (Lipinski definition) is 4. The second kappa shape index (κ2) is 6.30. The minimum absolute atomic E-state index is 0.155. The van der Waals surface area contributed by atoms with Crippen molar-refractivity contribution in [1.29, 1.82) is 0 Å². The van der Waals surface area contributed by atoms with Gasteiger partial charge in [0.15, 0.2) is 0 Å². The number of nitrogens with zero attached hydrogens (tertiary/aromatic N) is 2. The molecule has 4 nitrogen and oxygen atoms in total. The third-order valence-electron chi connectivity index (χ3n) is 4.55. The SMILES string of the molecule is C[C@@H](N)c1cccc(F)c1N1CCC(N2CCOCC2)C1. The first-order valence-corrected chi connectivity index (χ1v) is 7.77. The van der Waals surface area contributed by atoms with Crippen molar-refractivity contribution >= 4 is 5.69 Å². The Balaban J connectivity index is 1.77. The van der Waals surface area contributed by atoms with E-state index in [9.17, 15) is 4.39 Å². The van der Waals surface area contributed by atoms with Crippen LogP contribution in [0.2, 0.25) is 0 Å². The average molecular weight is 293 g/mol. The molecule has 116 valence electrons. The van der Waals surface area contributed by atoms with Gasteiger partial charge in [0.05, 0.1) is 18.9 Å². The van der Waals surface area contributed by atoms with Crippen LogP contribution < -0.4 is 10.6 Å². The number of benzene rings is 1. The van der Waals surface area contributed by atoms with Gasteiger partial charge in [-0.3, -0.25) is 4.90 Å². The lowest BCUT2D eigenvalue weighted by Crippen LogP contribution is -2.44. The molecular formula is C16H24FN3O. The number of para-hydroxylation sites is 1. The summed E-state index contributed by atoms with van der Waals surface area (Å²) in [5.41, 5.74) is 7.61. The first-order chi connectivity index (χ1) is 10.2. The van der Waals surface area contributed by atoms with Crippen molar-refractivity contribution in [2.45, 2.75) is 25.4 Å². The Bertz CT molecular complexity index is 488. The molecule has 0 radical (unpaired) electrons. The van der Waals surface area contributed by atoms with Gasteiger partial charge in [-0.15, -0.1) is 0 Å². The van der Waals surface area contributed by atoms with Gasteiger partial charge in [-0.25, -0.2) is 4.39 Å². The summed E-state index contributed by atoms with van der Waals surface area (Å²) < 4.78 is 19.7. The molecule has 2 fully saturated rings. The molecule has 0 amide bonds. The van der Waals surface area contributed by atoms with E-state index < -0.39 is 0 Å². The number of nitrogens with two attached hydrogens (primary N) is 1. The van der Waals surface area contributed by atoms with E-state index in [2.05, 4.69) is 9.80 Å². The molecule has 0 spiro atoms. The van der Waals surface area contributed by atoms with E-state index in [-0.39, 0.29) is 11.9 Å². The van der Waals surface area contributed by atoms with Crippen molar-refractivity contribution in [2.24, 2.45) is 5.73 Å². The van der Waals surface area contributed by atoms with Crippen LogP contribution in [0.5, 0.6) is 0 Å². The largest absolute Gasteiger partial charge is 0.379 e. The molecule has 0 bridgehead atoms. The summed E-state index contributed by atoms with van der Waals surface area (Å²) in [5, 5.41) is 0. The van der Waals surface area contributed by atoms with E-state index in [1.807, 2.05) is 13.0 Å². The predicted molar refractivity (Wildman–Crippen MR) is 82.0 cm³/mol. The zero-order valence-corrected chi connectivity index (χ0v) is 12.6. The van der Waals surface area contributed by atoms with Crippen molar-refractivity contribution < 1.29 is 9.13 Å². The van der Waals surface area contributed by atoms with Crippen molar-refractivity contribution in [2.75, 3.05) is 44.3 Å². The molecule has 0 aliphatic carbocycles. The summed E-state index contributed by atoms with van der Waals surface area (Å²) in [6, 6.07) is 5.55. The Morgan fingerprint density at radius 2 is 2.05 bits per heavy atom. The maximum Gasteiger partial charge on any atom is 0.146 e. The second-order valence-corrected chi connectivity index (χ2v) is 6.00. The summed E-state index contributed by atoms with van der Waals surface area (Å²) >= 11 is 0. The van der Waals surface area contributed by atoms with E-state index in [4.69, 9.17) is 10.5 Å². The molecule has 2 heterocycles. The number of rotatable bonds is 3. The van der Waals surface area contributed by atoms with Crippen LogP contribution >= 0.6 is 0 Å². The molecule has 2 saturated heterocycles. The molecule has 2 aliphatic heterocycles. The van der Waals surface area contributed by atoms with Crippen LogP contribution in [-0.4, -0.2) is 50.3 Å². The monoisotopic (exact) mass is 293 g/mol. The topological polar surface area (TPSA) is 41.7 Å². The molecule has 2 atom stereocenters. The van der Waals surface area contributed by atoms with E-state index in [1.54, 1.807) is 6.07 Å². The van der Waals surface area contributed by atoms with Gasteiger partial charge in [0, 0.05) is 38.3 Å². The Hall–Kier alpha value is -1.17.